The lowest BCUT2D eigenvalue weighted by Gasteiger charge is -2.11. The Morgan fingerprint density at radius 3 is 2.58 bits per heavy atom. The summed E-state index contributed by atoms with van der Waals surface area (Å²) in [4.78, 5) is 4.02. The standard InChI is InChI=1S/C15H18BrN3/c1-2-3-4-11-5-7-12(8-6-11)19-15-13(16)9-18-10-14(15)17/h5-10H,2-4,17H2,1H3,(H,18,19). The van der Waals surface area contributed by atoms with Crippen molar-refractivity contribution in [3.8, 4) is 0 Å². The number of anilines is 3. The maximum absolute atomic E-state index is 5.91. The quantitative estimate of drug-likeness (QED) is 0.852. The molecule has 2 aromatic rings. The van der Waals surface area contributed by atoms with Gasteiger partial charge in [-0.05, 0) is 46.5 Å². The van der Waals surface area contributed by atoms with E-state index in [4.69, 9.17) is 5.73 Å². The number of nitrogen functional groups attached to an aromatic ring is 1. The second-order valence-electron chi connectivity index (χ2n) is 4.51. The lowest BCUT2D eigenvalue weighted by atomic mass is 10.1. The van der Waals surface area contributed by atoms with Gasteiger partial charge in [-0.25, -0.2) is 0 Å². The van der Waals surface area contributed by atoms with Crippen molar-refractivity contribution in [2.45, 2.75) is 26.2 Å². The van der Waals surface area contributed by atoms with E-state index in [2.05, 4.69) is 57.4 Å². The van der Waals surface area contributed by atoms with Gasteiger partial charge in [-0.2, -0.15) is 0 Å². The monoisotopic (exact) mass is 319 g/mol. The summed E-state index contributed by atoms with van der Waals surface area (Å²) >= 11 is 3.45. The Hall–Kier alpha value is -1.55. The van der Waals surface area contributed by atoms with Crippen LogP contribution in [0, 0.1) is 0 Å². The first-order chi connectivity index (χ1) is 9.20. The molecule has 3 nitrogen and oxygen atoms in total. The summed E-state index contributed by atoms with van der Waals surface area (Å²) in [5, 5.41) is 3.31. The summed E-state index contributed by atoms with van der Waals surface area (Å²) in [6, 6.07) is 8.47. The van der Waals surface area contributed by atoms with E-state index in [1.54, 1.807) is 12.4 Å². The first-order valence-corrected chi connectivity index (χ1v) is 7.25. The van der Waals surface area contributed by atoms with E-state index in [-0.39, 0.29) is 0 Å². The van der Waals surface area contributed by atoms with Crippen LogP contribution < -0.4 is 11.1 Å². The molecule has 0 spiro atoms. The zero-order chi connectivity index (χ0) is 13.7. The summed E-state index contributed by atoms with van der Waals surface area (Å²) in [6.07, 6.45) is 6.96. The van der Waals surface area contributed by atoms with Gasteiger partial charge in [0.05, 0.1) is 22.0 Å². The molecule has 4 heteroatoms. The second-order valence-corrected chi connectivity index (χ2v) is 5.37. The zero-order valence-electron chi connectivity index (χ0n) is 11.0. The van der Waals surface area contributed by atoms with Crippen LogP contribution in [0.4, 0.5) is 17.1 Å². The maximum Gasteiger partial charge on any atom is 0.0794 e. The molecule has 0 amide bonds. The Labute approximate surface area is 122 Å². The molecule has 0 bridgehead atoms. The summed E-state index contributed by atoms with van der Waals surface area (Å²) in [5.74, 6) is 0. The van der Waals surface area contributed by atoms with Crippen LogP contribution in [0.3, 0.4) is 0 Å². The number of nitrogens with two attached hydrogens (primary N) is 1. The highest BCUT2D eigenvalue weighted by Gasteiger charge is 2.05. The van der Waals surface area contributed by atoms with Gasteiger partial charge in [-0.1, -0.05) is 25.5 Å². The summed E-state index contributed by atoms with van der Waals surface area (Å²) in [6.45, 7) is 2.21. The first-order valence-electron chi connectivity index (χ1n) is 6.45. The van der Waals surface area contributed by atoms with Crippen LogP contribution in [-0.4, -0.2) is 4.98 Å². The third-order valence-electron chi connectivity index (χ3n) is 2.97. The van der Waals surface area contributed by atoms with Gasteiger partial charge in [0, 0.05) is 11.9 Å². The van der Waals surface area contributed by atoms with Crippen LogP contribution in [0.15, 0.2) is 41.1 Å². The molecule has 0 atom stereocenters. The van der Waals surface area contributed by atoms with Crippen LogP contribution in [0.5, 0.6) is 0 Å². The third kappa shape index (κ3) is 3.70. The summed E-state index contributed by atoms with van der Waals surface area (Å²) in [5.41, 5.74) is 9.79. The predicted octanol–water partition coefficient (Wildman–Crippen LogP) is 4.51. The topological polar surface area (TPSA) is 50.9 Å². The van der Waals surface area contributed by atoms with Gasteiger partial charge in [-0.15, -0.1) is 0 Å². The zero-order valence-corrected chi connectivity index (χ0v) is 12.6. The van der Waals surface area contributed by atoms with Crippen LogP contribution in [0.25, 0.3) is 0 Å². The molecule has 1 aromatic carbocycles. The van der Waals surface area contributed by atoms with Crippen molar-refractivity contribution in [1.29, 1.82) is 0 Å². The fourth-order valence-electron chi connectivity index (χ4n) is 1.86. The van der Waals surface area contributed by atoms with Gasteiger partial charge in [0.1, 0.15) is 0 Å². The van der Waals surface area contributed by atoms with Crippen molar-refractivity contribution in [3.05, 3.63) is 46.7 Å². The van der Waals surface area contributed by atoms with Gasteiger partial charge >= 0.3 is 0 Å². The molecule has 0 radical (unpaired) electrons. The number of aromatic nitrogens is 1. The van der Waals surface area contributed by atoms with Gasteiger partial charge in [0.15, 0.2) is 0 Å². The van der Waals surface area contributed by atoms with E-state index in [9.17, 15) is 0 Å². The minimum atomic E-state index is 0.629. The first kappa shape index (κ1) is 13.9. The largest absolute Gasteiger partial charge is 0.396 e. The van der Waals surface area contributed by atoms with E-state index >= 15 is 0 Å². The molecule has 2 rings (SSSR count). The fourth-order valence-corrected chi connectivity index (χ4v) is 2.31. The van der Waals surface area contributed by atoms with Gasteiger partial charge in [0.2, 0.25) is 0 Å². The molecule has 0 fully saturated rings. The Kier molecular flexibility index (Phi) is 4.80. The van der Waals surface area contributed by atoms with Crippen LogP contribution in [0.2, 0.25) is 0 Å². The van der Waals surface area contributed by atoms with Crippen LogP contribution >= 0.6 is 15.9 Å². The van der Waals surface area contributed by atoms with E-state index in [0.717, 1.165) is 22.3 Å². The van der Waals surface area contributed by atoms with Crippen molar-refractivity contribution in [3.63, 3.8) is 0 Å². The maximum atomic E-state index is 5.91. The molecule has 19 heavy (non-hydrogen) atoms. The Morgan fingerprint density at radius 1 is 1.21 bits per heavy atom. The Morgan fingerprint density at radius 2 is 1.95 bits per heavy atom. The molecule has 0 aliphatic heterocycles. The highest BCUT2D eigenvalue weighted by atomic mass is 79.9. The Balaban J connectivity index is 2.11. The number of rotatable bonds is 5. The third-order valence-corrected chi connectivity index (χ3v) is 3.57. The highest BCUT2D eigenvalue weighted by molar-refractivity contribution is 9.10. The van der Waals surface area contributed by atoms with Crippen molar-refractivity contribution in [2.24, 2.45) is 0 Å². The summed E-state index contributed by atoms with van der Waals surface area (Å²) < 4.78 is 0.863. The SMILES string of the molecule is CCCCc1ccc(Nc2c(N)cncc2Br)cc1. The molecular weight excluding hydrogens is 302 g/mol. The molecule has 1 aromatic heterocycles. The van der Waals surface area contributed by atoms with Crippen molar-refractivity contribution < 1.29 is 0 Å². The lowest BCUT2D eigenvalue weighted by Crippen LogP contribution is -1.98. The minimum Gasteiger partial charge on any atom is -0.396 e. The number of aryl methyl sites for hydroxylation is 1. The van der Waals surface area contributed by atoms with Crippen molar-refractivity contribution >= 4 is 33.0 Å². The molecule has 0 aliphatic carbocycles. The van der Waals surface area contributed by atoms with Gasteiger partial charge < -0.3 is 11.1 Å². The fraction of sp³-hybridized carbons (Fsp3) is 0.267. The molecule has 3 N–H and O–H groups in total. The van der Waals surface area contributed by atoms with E-state index in [1.165, 1.54) is 18.4 Å². The summed E-state index contributed by atoms with van der Waals surface area (Å²) in [7, 11) is 0. The van der Waals surface area contributed by atoms with Crippen molar-refractivity contribution in [2.75, 3.05) is 11.1 Å². The minimum absolute atomic E-state index is 0.629. The van der Waals surface area contributed by atoms with E-state index in [1.807, 2.05) is 0 Å². The number of nitrogens with zero attached hydrogens (tertiary/aromatic N) is 1. The molecule has 100 valence electrons. The molecule has 0 unspecified atom stereocenters. The van der Waals surface area contributed by atoms with E-state index < -0.39 is 0 Å². The predicted molar refractivity (Wildman–Crippen MR) is 84.7 cm³/mol. The molecule has 0 saturated carbocycles. The molecule has 0 saturated heterocycles. The normalized spacial score (nSPS) is 10.4. The number of hydrogen-bond acceptors (Lipinski definition) is 3. The second kappa shape index (κ2) is 6.57. The number of halogens is 1. The van der Waals surface area contributed by atoms with Gasteiger partial charge in [0.25, 0.3) is 0 Å². The van der Waals surface area contributed by atoms with Crippen LogP contribution in [0.1, 0.15) is 25.3 Å². The number of pyridine rings is 1. The van der Waals surface area contributed by atoms with E-state index in [0.29, 0.717) is 5.69 Å². The highest BCUT2D eigenvalue weighted by Crippen LogP contribution is 2.30. The number of hydrogen-bond donors (Lipinski definition) is 2. The molecular formula is C15H18BrN3. The molecule has 1 heterocycles. The number of unbranched alkanes of at least 4 members (excludes halogenated alkanes) is 1. The van der Waals surface area contributed by atoms with Gasteiger partial charge in [-0.3, -0.25) is 4.98 Å². The Bertz CT molecular complexity index is 517. The average molecular weight is 320 g/mol. The smallest absolute Gasteiger partial charge is 0.0794 e. The molecule has 0 aliphatic rings. The van der Waals surface area contributed by atoms with Crippen LogP contribution in [-0.2, 0) is 6.42 Å². The lowest BCUT2D eigenvalue weighted by molar-refractivity contribution is 0.795. The van der Waals surface area contributed by atoms with Crippen molar-refractivity contribution in [1.82, 2.24) is 4.98 Å². The average Bonchev–Trinajstić information content (AvgIpc) is 2.42. The number of nitrogens with one attached hydrogen (secondary N) is 1. The number of benzene rings is 1.